The molecule has 2 heterocycles. The molecule has 1 aromatic rings. The summed E-state index contributed by atoms with van der Waals surface area (Å²) in [5, 5.41) is 0. The van der Waals surface area contributed by atoms with E-state index >= 15 is 0 Å². The Morgan fingerprint density at radius 3 is 2.22 bits per heavy atom. The molecule has 4 atom stereocenters. The number of fused-ring (bicyclic) bond motifs is 1. The molecule has 8 heteroatoms. The summed E-state index contributed by atoms with van der Waals surface area (Å²) in [6.45, 7) is 3.56. The van der Waals surface area contributed by atoms with Crippen LogP contribution in [0.2, 0.25) is 0 Å². The smallest absolute Gasteiger partial charge is 0.249 e. The molecule has 1 aromatic carbocycles. The molecule has 3 rings (SSSR count). The summed E-state index contributed by atoms with van der Waals surface area (Å²) in [6.07, 6.45) is 0. The second-order valence-electron chi connectivity index (χ2n) is 6.91. The molecular weight excluding hydrogens is 350 g/mol. The van der Waals surface area contributed by atoms with Gasteiger partial charge in [0.25, 0.3) is 0 Å². The fourth-order valence-corrected chi connectivity index (χ4v) is 4.22. The van der Waals surface area contributed by atoms with Crippen LogP contribution in [0.3, 0.4) is 0 Å². The monoisotopic (exact) mass is 373 g/mol. The maximum Gasteiger partial charge on any atom is 0.249 e. The minimum absolute atomic E-state index is 0.211. The van der Waals surface area contributed by atoms with Crippen LogP contribution in [0, 0.1) is 18.8 Å². The van der Waals surface area contributed by atoms with Crippen molar-refractivity contribution >= 4 is 23.6 Å². The minimum atomic E-state index is -1.18. The van der Waals surface area contributed by atoms with Crippen molar-refractivity contribution in [3.05, 3.63) is 35.4 Å². The van der Waals surface area contributed by atoms with E-state index in [9.17, 15) is 19.2 Å². The molecule has 4 amide bonds. The number of ether oxygens (including phenoxy) is 1. The van der Waals surface area contributed by atoms with Gasteiger partial charge in [0, 0.05) is 13.7 Å². The van der Waals surface area contributed by atoms with Crippen LogP contribution in [0.15, 0.2) is 24.3 Å². The van der Waals surface area contributed by atoms with Crippen LogP contribution in [-0.4, -0.2) is 59.7 Å². The van der Waals surface area contributed by atoms with Crippen LogP contribution in [-0.2, 0) is 23.9 Å². The zero-order valence-electron chi connectivity index (χ0n) is 15.5. The number of carbonyl (C=O) groups is 4. The molecule has 0 aromatic heterocycles. The van der Waals surface area contributed by atoms with Crippen molar-refractivity contribution < 1.29 is 23.9 Å². The molecule has 0 aliphatic carbocycles. The molecule has 2 fully saturated rings. The van der Waals surface area contributed by atoms with Gasteiger partial charge < -0.3 is 15.4 Å². The Labute approximate surface area is 157 Å². The van der Waals surface area contributed by atoms with Crippen LogP contribution in [0.25, 0.3) is 0 Å². The highest BCUT2D eigenvalue weighted by Crippen LogP contribution is 2.49. The molecule has 2 N–H and O–H groups in total. The van der Waals surface area contributed by atoms with E-state index < -0.39 is 41.6 Å². The van der Waals surface area contributed by atoms with Crippen LogP contribution in [0.1, 0.15) is 24.1 Å². The number of rotatable bonds is 5. The number of likely N-dealkylation sites (tertiary alicyclic amines) is 2. The Bertz CT molecular complexity index is 791. The van der Waals surface area contributed by atoms with Crippen LogP contribution < -0.4 is 5.73 Å². The van der Waals surface area contributed by atoms with Gasteiger partial charge in [-0.1, -0.05) is 29.8 Å². The zero-order valence-corrected chi connectivity index (χ0v) is 15.5. The van der Waals surface area contributed by atoms with Gasteiger partial charge in [-0.15, -0.1) is 0 Å². The standard InChI is InChI=1S/C19H23N3O5/c1-4-21-18(25)13-14(19(21)26)16(17(20)24)22(12(23)9-27-3)15(13)11-7-5-10(2)6-8-11/h5-8,13-16H,4,9H2,1-3H3,(H2,20,24). The number of aryl methyl sites for hydroxylation is 1. The fraction of sp³-hybridized carbons (Fsp3) is 0.474. The van der Waals surface area contributed by atoms with Crippen molar-refractivity contribution in [1.82, 2.24) is 9.80 Å². The molecule has 4 unspecified atom stereocenters. The van der Waals surface area contributed by atoms with Gasteiger partial charge in [-0.2, -0.15) is 0 Å². The highest BCUT2D eigenvalue weighted by atomic mass is 16.5. The molecule has 0 spiro atoms. The number of carbonyl (C=O) groups excluding carboxylic acids is 4. The average molecular weight is 373 g/mol. The van der Waals surface area contributed by atoms with Gasteiger partial charge in [0.05, 0.1) is 17.9 Å². The molecule has 8 nitrogen and oxygen atoms in total. The van der Waals surface area contributed by atoms with E-state index in [4.69, 9.17) is 10.5 Å². The number of hydrogen-bond acceptors (Lipinski definition) is 5. The van der Waals surface area contributed by atoms with E-state index in [2.05, 4.69) is 0 Å². The van der Waals surface area contributed by atoms with Gasteiger partial charge in [-0.05, 0) is 19.4 Å². The van der Waals surface area contributed by atoms with Crippen LogP contribution in [0.4, 0.5) is 0 Å². The summed E-state index contributed by atoms with van der Waals surface area (Å²) < 4.78 is 4.94. The number of methoxy groups -OCH3 is 1. The highest BCUT2D eigenvalue weighted by Gasteiger charge is 2.64. The van der Waals surface area contributed by atoms with Gasteiger partial charge in [0.2, 0.25) is 23.6 Å². The number of amides is 4. The lowest BCUT2D eigenvalue weighted by atomic mass is 9.86. The lowest BCUT2D eigenvalue weighted by Gasteiger charge is -2.32. The number of nitrogens with zero attached hydrogens (tertiary/aromatic N) is 2. The SMILES string of the molecule is CCN1C(=O)C2C(C1=O)C(c1ccc(C)cc1)N(C(=O)COC)C2C(N)=O. The van der Waals surface area contributed by atoms with E-state index in [-0.39, 0.29) is 19.1 Å². The summed E-state index contributed by atoms with van der Waals surface area (Å²) in [6, 6.07) is 5.40. The molecule has 0 bridgehead atoms. The second kappa shape index (κ2) is 7.11. The summed E-state index contributed by atoms with van der Waals surface area (Å²) in [7, 11) is 1.37. The molecule has 2 aliphatic rings. The third-order valence-electron chi connectivity index (χ3n) is 5.35. The third-order valence-corrected chi connectivity index (χ3v) is 5.35. The predicted octanol–water partition coefficient (Wildman–Crippen LogP) is -0.000280. The maximum absolute atomic E-state index is 13.0. The summed E-state index contributed by atoms with van der Waals surface area (Å²) in [4.78, 5) is 53.2. The van der Waals surface area contributed by atoms with Crippen molar-refractivity contribution in [2.24, 2.45) is 17.6 Å². The quantitative estimate of drug-likeness (QED) is 0.731. The first-order chi connectivity index (χ1) is 12.8. The average Bonchev–Trinajstić information content (AvgIpc) is 3.09. The summed E-state index contributed by atoms with van der Waals surface area (Å²) in [5.41, 5.74) is 7.28. The van der Waals surface area contributed by atoms with Gasteiger partial charge in [-0.25, -0.2) is 0 Å². The van der Waals surface area contributed by atoms with Gasteiger partial charge in [0.15, 0.2) is 0 Å². The lowest BCUT2D eigenvalue weighted by Crippen LogP contribution is -2.51. The number of nitrogens with two attached hydrogens (primary N) is 1. The molecule has 2 aliphatic heterocycles. The fourth-order valence-electron chi connectivity index (χ4n) is 4.22. The van der Waals surface area contributed by atoms with Crippen molar-refractivity contribution in [2.75, 3.05) is 20.3 Å². The lowest BCUT2D eigenvalue weighted by molar-refractivity contribution is -0.148. The molecular formula is C19H23N3O5. The highest BCUT2D eigenvalue weighted by molar-refractivity contribution is 6.09. The van der Waals surface area contributed by atoms with Gasteiger partial charge in [0.1, 0.15) is 12.6 Å². The predicted molar refractivity (Wildman–Crippen MR) is 95.0 cm³/mol. The first kappa shape index (κ1) is 19.0. The van der Waals surface area contributed by atoms with Gasteiger partial charge >= 0.3 is 0 Å². The first-order valence-corrected chi connectivity index (χ1v) is 8.84. The second-order valence-corrected chi connectivity index (χ2v) is 6.91. The number of primary amides is 1. The Morgan fingerprint density at radius 1 is 1.11 bits per heavy atom. The van der Waals surface area contributed by atoms with Gasteiger partial charge in [-0.3, -0.25) is 24.1 Å². The topological polar surface area (TPSA) is 110 Å². The Balaban J connectivity index is 2.16. The molecule has 2 saturated heterocycles. The van der Waals surface area contributed by atoms with Crippen molar-refractivity contribution in [3.8, 4) is 0 Å². The maximum atomic E-state index is 13.0. The first-order valence-electron chi connectivity index (χ1n) is 8.84. The van der Waals surface area contributed by atoms with Crippen molar-refractivity contribution in [3.63, 3.8) is 0 Å². The van der Waals surface area contributed by atoms with Crippen LogP contribution in [0.5, 0.6) is 0 Å². The Kier molecular flexibility index (Phi) is 5.01. The molecule has 0 radical (unpaired) electrons. The minimum Gasteiger partial charge on any atom is -0.375 e. The molecule has 0 saturated carbocycles. The van der Waals surface area contributed by atoms with Crippen molar-refractivity contribution in [1.29, 1.82) is 0 Å². The van der Waals surface area contributed by atoms with Crippen LogP contribution >= 0.6 is 0 Å². The van der Waals surface area contributed by atoms with E-state index in [1.54, 1.807) is 19.1 Å². The molecule has 27 heavy (non-hydrogen) atoms. The van der Waals surface area contributed by atoms with E-state index in [1.165, 1.54) is 12.0 Å². The summed E-state index contributed by atoms with van der Waals surface area (Å²) >= 11 is 0. The van der Waals surface area contributed by atoms with E-state index in [0.29, 0.717) is 5.56 Å². The Hall–Kier alpha value is -2.74. The van der Waals surface area contributed by atoms with E-state index in [1.807, 2.05) is 19.1 Å². The number of imide groups is 1. The largest absolute Gasteiger partial charge is 0.375 e. The third kappa shape index (κ3) is 2.90. The zero-order chi connectivity index (χ0) is 19.9. The molecule has 144 valence electrons. The number of hydrogen-bond donors (Lipinski definition) is 1. The number of benzene rings is 1. The normalized spacial score (nSPS) is 27.2. The van der Waals surface area contributed by atoms with E-state index in [0.717, 1.165) is 10.5 Å². The van der Waals surface area contributed by atoms with Crippen molar-refractivity contribution in [2.45, 2.75) is 25.9 Å². The Morgan fingerprint density at radius 2 is 1.70 bits per heavy atom. The summed E-state index contributed by atoms with van der Waals surface area (Å²) in [5.74, 6) is -3.92.